The maximum Gasteiger partial charge on any atom is 0.291 e. The van der Waals surface area contributed by atoms with Crippen molar-refractivity contribution in [2.75, 3.05) is 52.2 Å². The topological polar surface area (TPSA) is 95.8 Å². The number of benzene rings is 2. The van der Waals surface area contributed by atoms with Gasteiger partial charge in [0, 0.05) is 94.2 Å². The fourth-order valence-corrected chi connectivity index (χ4v) is 7.03. The van der Waals surface area contributed by atoms with E-state index in [1.165, 1.54) is 0 Å². The third-order valence-corrected chi connectivity index (χ3v) is 9.98. The molecule has 0 spiro atoms. The summed E-state index contributed by atoms with van der Waals surface area (Å²) in [5, 5.41) is 3.83. The number of ether oxygens (including phenoxy) is 1. The van der Waals surface area contributed by atoms with Crippen LogP contribution >= 0.6 is 23.2 Å². The van der Waals surface area contributed by atoms with Crippen LogP contribution < -0.4 is 10.1 Å². The molecule has 1 N–H and O–H groups in total. The van der Waals surface area contributed by atoms with Crippen LogP contribution in [0.1, 0.15) is 40.1 Å². The van der Waals surface area contributed by atoms with Gasteiger partial charge in [0.2, 0.25) is 11.8 Å². The average molecular weight is 677 g/mol. The van der Waals surface area contributed by atoms with Crippen molar-refractivity contribution < 1.29 is 14.3 Å². The zero-order chi connectivity index (χ0) is 33.4. The number of aromatic nitrogens is 3. The Morgan fingerprint density at radius 2 is 1.62 bits per heavy atom. The van der Waals surface area contributed by atoms with Crippen LogP contribution in [0.3, 0.4) is 0 Å². The van der Waals surface area contributed by atoms with Crippen molar-refractivity contribution in [3.8, 4) is 28.3 Å². The van der Waals surface area contributed by atoms with Crippen molar-refractivity contribution in [1.82, 2.24) is 29.2 Å². The number of amides is 2. The molecule has 0 unspecified atom stereocenters. The highest BCUT2D eigenvalue weighted by Gasteiger charge is 2.26. The van der Waals surface area contributed by atoms with E-state index >= 15 is 0 Å². The molecule has 2 aliphatic heterocycles. The van der Waals surface area contributed by atoms with Crippen LogP contribution in [-0.2, 0) is 31.4 Å². The first-order chi connectivity index (χ1) is 22.5. The summed E-state index contributed by atoms with van der Waals surface area (Å²) in [6.07, 6.45) is 0.843. The maximum atomic E-state index is 13.4. The molecule has 0 aliphatic carbocycles. The highest BCUT2D eigenvalue weighted by Crippen LogP contribution is 2.42. The number of piperazine rings is 1. The monoisotopic (exact) mass is 675 g/mol. The van der Waals surface area contributed by atoms with E-state index in [2.05, 4.69) is 20.1 Å². The number of pyridine rings is 1. The molecule has 4 heterocycles. The summed E-state index contributed by atoms with van der Waals surface area (Å²) >= 11 is 14.0. The van der Waals surface area contributed by atoms with Gasteiger partial charge >= 0.3 is 0 Å². The Morgan fingerprint density at radius 1 is 0.936 bits per heavy atom. The molecule has 1 saturated heterocycles. The van der Waals surface area contributed by atoms with E-state index in [4.69, 9.17) is 32.9 Å². The molecule has 0 atom stereocenters. The molecule has 0 bridgehead atoms. The Hall–Kier alpha value is -3.96. The molecule has 10 nitrogen and oxygen atoms in total. The molecule has 47 heavy (non-hydrogen) atoms. The molecule has 2 aliphatic rings. The van der Waals surface area contributed by atoms with E-state index in [0.29, 0.717) is 70.4 Å². The number of nitrogens with zero attached hydrogens (tertiary/aromatic N) is 6. The van der Waals surface area contributed by atoms with Crippen LogP contribution in [0.2, 0.25) is 10.0 Å². The number of halogens is 2. The normalized spacial score (nSPS) is 15.4. The quantitative estimate of drug-likeness (QED) is 0.269. The van der Waals surface area contributed by atoms with Gasteiger partial charge in [-0.15, -0.1) is 0 Å². The number of hydrogen-bond acceptors (Lipinski definition) is 7. The van der Waals surface area contributed by atoms with Crippen LogP contribution in [0.25, 0.3) is 22.4 Å². The Balaban J connectivity index is 1.26. The molecular weight excluding hydrogens is 637 g/mol. The summed E-state index contributed by atoms with van der Waals surface area (Å²) in [6, 6.07) is 13.3. The smallest absolute Gasteiger partial charge is 0.291 e. The fourth-order valence-electron chi connectivity index (χ4n) is 6.43. The molecule has 246 valence electrons. The first-order valence-corrected chi connectivity index (χ1v) is 16.5. The minimum Gasteiger partial charge on any atom is -0.481 e. The third kappa shape index (κ3) is 6.60. The number of rotatable bonds is 7. The summed E-state index contributed by atoms with van der Waals surface area (Å²) in [6.45, 7) is 8.97. The number of carbonyl (C=O) groups is 2. The van der Waals surface area contributed by atoms with Crippen LogP contribution in [0.5, 0.6) is 5.88 Å². The summed E-state index contributed by atoms with van der Waals surface area (Å²) < 4.78 is 7.65. The summed E-state index contributed by atoms with van der Waals surface area (Å²) in [4.78, 5) is 41.1. The molecule has 2 amide bonds. The van der Waals surface area contributed by atoms with Crippen LogP contribution in [0.4, 0.5) is 5.69 Å². The van der Waals surface area contributed by atoms with E-state index in [-0.39, 0.29) is 11.8 Å². The standard InChI is InChI=1S/C35H39Cl2N7O3/c1-21-18-28(40-35(47-5)26(21)19-43-14-16-44(17-15-43)22(2)45)25-10-6-8-23(31(25)36)24-9-7-11-27(32(24)37)39-34(46)33-38-29-20-41(3)13-12-30(29)42(33)4/h6-11,18H,12-17,19-20H2,1-5H3,(H,39,46). The lowest BCUT2D eigenvalue weighted by Crippen LogP contribution is -2.47. The van der Waals surface area contributed by atoms with Crippen molar-refractivity contribution in [3.63, 3.8) is 0 Å². The maximum absolute atomic E-state index is 13.4. The Kier molecular flexibility index (Phi) is 9.57. The lowest BCUT2D eigenvalue weighted by Gasteiger charge is -2.34. The second-order valence-electron chi connectivity index (χ2n) is 12.3. The highest BCUT2D eigenvalue weighted by molar-refractivity contribution is 6.39. The van der Waals surface area contributed by atoms with Crippen LogP contribution in [-0.4, -0.2) is 87.9 Å². The predicted octanol–water partition coefficient (Wildman–Crippen LogP) is 5.68. The van der Waals surface area contributed by atoms with Gasteiger partial charge < -0.3 is 24.4 Å². The number of nitrogens with one attached hydrogen (secondary N) is 1. The molecule has 0 radical (unpaired) electrons. The third-order valence-electron chi connectivity index (χ3n) is 9.16. The predicted molar refractivity (Wildman–Crippen MR) is 185 cm³/mol. The second kappa shape index (κ2) is 13.6. The zero-order valence-electron chi connectivity index (χ0n) is 27.4. The van der Waals surface area contributed by atoms with Gasteiger partial charge in [-0.2, -0.15) is 0 Å². The summed E-state index contributed by atoms with van der Waals surface area (Å²) in [7, 11) is 5.55. The second-order valence-corrected chi connectivity index (χ2v) is 13.0. The molecule has 6 rings (SSSR count). The molecular formula is C35H39Cl2N7O3. The molecule has 0 saturated carbocycles. The fraction of sp³-hybridized carbons (Fsp3) is 0.371. The molecule has 1 fully saturated rings. The minimum absolute atomic E-state index is 0.108. The summed E-state index contributed by atoms with van der Waals surface area (Å²) in [5.41, 5.74) is 7.34. The number of methoxy groups -OCH3 is 1. The number of hydrogen-bond donors (Lipinski definition) is 1. The average Bonchev–Trinajstić information content (AvgIpc) is 3.38. The van der Waals surface area contributed by atoms with Gasteiger partial charge in [-0.05, 0) is 31.7 Å². The molecule has 2 aromatic heterocycles. The van der Waals surface area contributed by atoms with Gasteiger partial charge in [-0.1, -0.05) is 53.5 Å². The van der Waals surface area contributed by atoms with E-state index in [0.717, 1.165) is 54.1 Å². The molecule has 12 heteroatoms. The number of fused-ring (bicyclic) bond motifs is 1. The van der Waals surface area contributed by atoms with Gasteiger partial charge in [-0.3, -0.25) is 14.5 Å². The number of anilines is 1. The summed E-state index contributed by atoms with van der Waals surface area (Å²) in [5.74, 6) is 0.679. The Bertz CT molecular complexity index is 1850. The van der Waals surface area contributed by atoms with Crippen molar-refractivity contribution in [3.05, 3.63) is 80.8 Å². The van der Waals surface area contributed by atoms with Gasteiger partial charge in [0.15, 0.2) is 5.82 Å². The number of imidazole rings is 1. The van der Waals surface area contributed by atoms with Gasteiger partial charge in [0.1, 0.15) is 0 Å². The lowest BCUT2D eigenvalue weighted by molar-refractivity contribution is -0.130. The van der Waals surface area contributed by atoms with Crippen molar-refractivity contribution in [1.29, 1.82) is 0 Å². The number of aryl methyl sites for hydroxylation is 1. The Labute approximate surface area is 285 Å². The van der Waals surface area contributed by atoms with E-state index in [1.807, 2.05) is 66.9 Å². The molecule has 4 aromatic rings. The van der Waals surface area contributed by atoms with Crippen molar-refractivity contribution in [2.45, 2.75) is 33.4 Å². The highest BCUT2D eigenvalue weighted by atomic mass is 35.5. The van der Waals surface area contributed by atoms with E-state index in [1.54, 1.807) is 20.1 Å². The zero-order valence-corrected chi connectivity index (χ0v) is 28.9. The number of carbonyl (C=O) groups excluding carboxylic acids is 2. The van der Waals surface area contributed by atoms with E-state index < -0.39 is 0 Å². The van der Waals surface area contributed by atoms with Gasteiger partial charge in [0.25, 0.3) is 5.91 Å². The van der Waals surface area contributed by atoms with Gasteiger partial charge in [0.05, 0.1) is 34.2 Å². The van der Waals surface area contributed by atoms with Crippen LogP contribution in [0.15, 0.2) is 42.5 Å². The van der Waals surface area contributed by atoms with Gasteiger partial charge in [-0.25, -0.2) is 9.97 Å². The van der Waals surface area contributed by atoms with E-state index in [9.17, 15) is 9.59 Å². The van der Waals surface area contributed by atoms with Crippen LogP contribution in [0, 0.1) is 6.92 Å². The first-order valence-electron chi connectivity index (χ1n) is 15.7. The first kappa shape index (κ1) is 33.0. The number of likely N-dealkylation sites (N-methyl/N-ethyl adjacent to an activating group) is 1. The largest absolute Gasteiger partial charge is 0.481 e. The van der Waals surface area contributed by atoms with Crippen molar-refractivity contribution >= 4 is 40.7 Å². The Morgan fingerprint density at radius 3 is 2.32 bits per heavy atom. The SMILES string of the molecule is COc1nc(-c2cccc(-c3cccc(NC(=O)c4nc5c(n4C)CCN(C)C5)c3Cl)c2Cl)cc(C)c1CN1CCN(C(C)=O)CC1. The lowest BCUT2D eigenvalue weighted by atomic mass is 9.99. The van der Waals surface area contributed by atoms with Crippen molar-refractivity contribution in [2.24, 2.45) is 7.05 Å². The molecule has 2 aromatic carbocycles. The minimum atomic E-state index is -0.323.